The van der Waals surface area contributed by atoms with Crippen molar-refractivity contribution in [2.45, 2.75) is 51.5 Å². The monoisotopic (exact) mass is 346 g/mol. The molecule has 138 valence electrons. The van der Waals surface area contributed by atoms with Gasteiger partial charge in [0.15, 0.2) is 12.4 Å². The van der Waals surface area contributed by atoms with Gasteiger partial charge in [-0.25, -0.2) is 0 Å². The van der Waals surface area contributed by atoms with Crippen LogP contribution in [0.1, 0.15) is 55.8 Å². The summed E-state index contributed by atoms with van der Waals surface area (Å²) >= 11 is 0. The van der Waals surface area contributed by atoms with Crippen LogP contribution in [0.3, 0.4) is 0 Å². The second-order valence-electron chi connectivity index (χ2n) is 6.85. The summed E-state index contributed by atoms with van der Waals surface area (Å²) in [7, 11) is 2.19. The van der Waals surface area contributed by atoms with Crippen LogP contribution in [-0.4, -0.2) is 49.4 Å². The molecule has 0 spiro atoms. The molecule has 0 aromatic heterocycles. The van der Waals surface area contributed by atoms with Gasteiger partial charge in [0.2, 0.25) is 0 Å². The van der Waals surface area contributed by atoms with Gasteiger partial charge >= 0.3 is 0 Å². The average molecular weight is 346 g/mol. The fourth-order valence-electron chi connectivity index (χ4n) is 3.25. The molecule has 0 saturated heterocycles. The molecule has 1 fully saturated rings. The van der Waals surface area contributed by atoms with E-state index in [2.05, 4.69) is 17.3 Å². The van der Waals surface area contributed by atoms with Gasteiger partial charge in [-0.1, -0.05) is 19.3 Å². The molecule has 5 nitrogen and oxygen atoms in total. The number of Topliss-reactive ketones (excluding diaryl/α,β-unsaturated/α-hetero) is 1. The zero-order chi connectivity index (χ0) is 18.1. The second kappa shape index (κ2) is 10.2. The van der Waals surface area contributed by atoms with Crippen LogP contribution in [0.2, 0.25) is 0 Å². The molecule has 2 rings (SSSR count). The molecule has 0 atom stereocenters. The summed E-state index contributed by atoms with van der Waals surface area (Å²) in [6.45, 7) is 3.20. The number of amides is 1. The van der Waals surface area contributed by atoms with E-state index < -0.39 is 0 Å². The number of rotatable bonds is 9. The van der Waals surface area contributed by atoms with Crippen LogP contribution in [0.5, 0.6) is 5.75 Å². The zero-order valence-corrected chi connectivity index (χ0v) is 15.4. The van der Waals surface area contributed by atoms with E-state index in [-0.39, 0.29) is 18.3 Å². The van der Waals surface area contributed by atoms with Crippen LogP contribution in [0.15, 0.2) is 24.3 Å². The highest BCUT2D eigenvalue weighted by Gasteiger charge is 2.17. The van der Waals surface area contributed by atoms with Crippen LogP contribution in [0, 0.1) is 0 Å². The van der Waals surface area contributed by atoms with Crippen molar-refractivity contribution < 1.29 is 14.3 Å². The van der Waals surface area contributed by atoms with Crippen molar-refractivity contribution in [2.75, 3.05) is 26.7 Å². The Hall–Kier alpha value is -1.88. The maximum absolute atomic E-state index is 11.8. The predicted octanol–water partition coefficient (Wildman–Crippen LogP) is 3.04. The SMILES string of the molecule is CC(=O)c1ccc(OCC(=O)NCCCN(C)C2CCCCC2)cc1. The van der Waals surface area contributed by atoms with Crippen molar-refractivity contribution in [2.24, 2.45) is 0 Å². The average Bonchev–Trinajstić information content (AvgIpc) is 2.64. The lowest BCUT2D eigenvalue weighted by Gasteiger charge is -2.31. The van der Waals surface area contributed by atoms with Gasteiger partial charge < -0.3 is 15.0 Å². The predicted molar refractivity (Wildman–Crippen MR) is 99.1 cm³/mol. The Morgan fingerprint density at radius 1 is 1.16 bits per heavy atom. The van der Waals surface area contributed by atoms with Crippen LogP contribution < -0.4 is 10.1 Å². The van der Waals surface area contributed by atoms with E-state index in [9.17, 15) is 9.59 Å². The first-order valence-electron chi connectivity index (χ1n) is 9.27. The Morgan fingerprint density at radius 3 is 2.48 bits per heavy atom. The molecule has 5 heteroatoms. The third kappa shape index (κ3) is 6.86. The van der Waals surface area contributed by atoms with E-state index in [4.69, 9.17) is 4.74 Å². The Kier molecular flexibility index (Phi) is 7.92. The first-order valence-corrected chi connectivity index (χ1v) is 9.27. The summed E-state index contributed by atoms with van der Waals surface area (Å²) in [6.07, 6.45) is 7.62. The molecule has 1 aromatic rings. The summed E-state index contributed by atoms with van der Waals surface area (Å²) in [5.74, 6) is 0.496. The molecule has 1 amide bonds. The largest absolute Gasteiger partial charge is 0.484 e. The van der Waals surface area contributed by atoms with Crippen LogP contribution in [0.4, 0.5) is 0 Å². The maximum atomic E-state index is 11.8. The molecule has 1 N–H and O–H groups in total. The van der Waals surface area contributed by atoms with Crippen molar-refractivity contribution in [3.8, 4) is 5.75 Å². The van der Waals surface area contributed by atoms with Gasteiger partial charge in [0, 0.05) is 18.2 Å². The molecule has 1 aromatic carbocycles. The van der Waals surface area contributed by atoms with Gasteiger partial charge in [-0.05, 0) is 64.0 Å². The summed E-state index contributed by atoms with van der Waals surface area (Å²) in [5.41, 5.74) is 0.638. The summed E-state index contributed by atoms with van der Waals surface area (Å²) in [6, 6.07) is 7.55. The van der Waals surface area contributed by atoms with Crippen LogP contribution in [0.25, 0.3) is 0 Å². The molecular weight excluding hydrogens is 316 g/mol. The lowest BCUT2D eigenvalue weighted by molar-refractivity contribution is -0.123. The highest BCUT2D eigenvalue weighted by atomic mass is 16.5. The number of carbonyl (C=O) groups is 2. The van der Waals surface area contributed by atoms with Gasteiger partial charge in [0.05, 0.1) is 0 Å². The molecule has 0 heterocycles. The highest BCUT2D eigenvalue weighted by Crippen LogP contribution is 2.21. The quantitative estimate of drug-likeness (QED) is 0.551. The Bertz CT molecular complexity index is 551. The van der Waals surface area contributed by atoms with E-state index in [0.717, 1.165) is 13.0 Å². The number of nitrogens with zero attached hydrogens (tertiary/aromatic N) is 1. The minimum Gasteiger partial charge on any atom is -0.484 e. The van der Waals surface area contributed by atoms with Gasteiger partial charge in [-0.2, -0.15) is 0 Å². The number of carbonyl (C=O) groups excluding carboxylic acids is 2. The summed E-state index contributed by atoms with van der Waals surface area (Å²) in [5, 5.41) is 2.90. The van der Waals surface area contributed by atoms with Gasteiger partial charge in [0.25, 0.3) is 5.91 Å². The molecular formula is C20H30N2O3. The highest BCUT2D eigenvalue weighted by molar-refractivity contribution is 5.94. The number of hydrogen-bond donors (Lipinski definition) is 1. The Morgan fingerprint density at radius 2 is 1.84 bits per heavy atom. The molecule has 0 unspecified atom stereocenters. The standard InChI is InChI=1S/C20H30N2O3/c1-16(23)17-9-11-19(12-10-17)25-15-20(24)21-13-6-14-22(2)18-7-4-3-5-8-18/h9-12,18H,3-8,13-15H2,1-2H3,(H,21,24). The van der Waals surface area contributed by atoms with Crippen molar-refractivity contribution in [1.29, 1.82) is 0 Å². The van der Waals surface area contributed by atoms with E-state index in [1.54, 1.807) is 24.3 Å². The normalized spacial score (nSPS) is 15.2. The van der Waals surface area contributed by atoms with Gasteiger partial charge in [0.1, 0.15) is 5.75 Å². The van der Waals surface area contributed by atoms with Crippen LogP contribution >= 0.6 is 0 Å². The summed E-state index contributed by atoms with van der Waals surface area (Å²) in [4.78, 5) is 25.5. The lowest BCUT2D eigenvalue weighted by Crippen LogP contribution is -2.36. The fourth-order valence-corrected chi connectivity index (χ4v) is 3.25. The number of hydrogen-bond acceptors (Lipinski definition) is 4. The topological polar surface area (TPSA) is 58.6 Å². The number of nitrogens with one attached hydrogen (secondary N) is 1. The van der Waals surface area contributed by atoms with E-state index >= 15 is 0 Å². The molecule has 25 heavy (non-hydrogen) atoms. The lowest BCUT2D eigenvalue weighted by atomic mass is 9.94. The molecule has 1 aliphatic rings. The third-order valence-electron chi connectivity index (χ3n) is 4.84. The first-order chi connectivity index (χ1) is 12.1. The molecule has 0 aliphatic heterocycles. The number of ether oxygens (including phenoxy) is 1. The van der Waals surface area contributed by atoms with Gasteiger partial charge in [-0.3, -0.25) is 9.59 Å². The minimum absolute atomic E-state index is 0.00210. The van der Waals surface area contributed by atoms with E-state index in [1.165, 1.54) is 39.0 Å². The van der Waals surface area contributed by atoms with Gasteiger partial charge in [-0.15, -0.1) is 0 Å². The zero-order valence-electron chi connectivity index (χ0n) is 15.4. The third-order valence-corrected chi connectivity index (χ3v) is 4.84. The number of ketones is 1. The van der Waals surface area contributed by atoms with Crippen LogP contribution in [-0.2, 0) is 4.79 Å². The van der Waals surface area contributed by atoms with Crippen molar-refractivity contribution in [3.05, 3.63) is 29.8 Å². The minimum atomic E-state index is -0.115. The smallest absolute Gasteiger partial charge is 0.257 e. The number of benzene rings is 1. The second-order valence-corrected chi connectivity index (χ2v) is 6.85. The molecule has 0 radical (unpaired) electrons. The van der Waals surface area contributed by atoms with Crippen molar-refractivity contribution >= 4 is 11.7 Å². The van der Waals surface area contributed by atoms with E-state index in [1.807, 2.05) is 0 Å². The Balaban J connectivity index is 1.58. The molecule has 1 aliphatic carbocycles. The van der Waals surface area contributed by atoms with Crippen molar-refractivity contribution in [3.63, 3.8) is 0 Å². The fraction of sp³-hybridized carbons (Fsp3) is 0.600. The maximum Gasteiger partial charge on any atom is 0.257 e. The summed E-state index contributed by atoms with van der Waals surface area (Å²) < 4.78 is 5.44. The molecule has 0 bridgehead atoms. The molecule has 1 saturated carbocycles. The Labute approximate surface area is 150 Å². The first kappa shape index (κ1) is 19.4. The van der Waals surface area contributed by atoms with E-state index in [0.29, 0.717) is 23.9 Å². The van der Waals surface area contributed by atoms with Crippen molar-refractivity contribution in [1.82, 2.24) is 10.2 Å².